The first-order chi connectivity index (χ1) is 13.1. The second kappa shape index (κ2) is 6.95. The van der Waals surface area contributed by atoms with Crippen molar-refractivity contribution in [1.29, 1.82) is 0 Å². The molecule has 0 spiro atoms. The number of aromatic nitrogens is 2. The first-order valence-corrected chi connectivity index (χ1v) is 8.52. The number of hydrogen-bond acceptors (Lipinski definition) is 4. The van der Waals surface area contributed by atoms with E-state index in [1.807, 2.05) is 24.3 Å². The molecule has 1 aliphatic heterocycles. The van der Waals surface area contributed by atoms with Gasteiger partial charge in [-0.25, -0.2) is 4.79 Å². The van der Waals surface area contributed by atoms with Gasteiger partial charge in [-0.15, -0.1) is 0 Å². The number of hydrogen-bond donors (Lipinski definition) is 3. The third-order valence-electron chi connectivity index (χ3n) is 4.37. The highest BCUT2D eigenvalue weighted by Gasteiger charge is 2.20. The van der Waals surface area contributed by atoms with Crippen LogP contribution in [0.1, 0.15) is 16.1 Å². The Balaban J connectivity index is 1.64. The maximum Gasteiger partial charge on any atom is 0.341 e. The van der Waals surface area contributed by atoms with E-state index in [0.717, 1.165) is 34.6 Å². The van der Waals surface area contributed by atoms with Crippen molar-refractivity contribution in [3.8, 4) is 28.3 Å². The summed E-state index contributed by atoms with van der Waals surface area (Å²) in [5.41, 5.74) is 4.94. The maximum atomic E-state index is 12.0. The molecule has 2 aromatic heterocycles. The zero-order valence-corrected chi connectivity index (χ0v) is 14.4. The van der Waals surface area contributed by atoms with Crippen LogP contribution in [0.5, 0.6) is 5.75 Å². The lowest BCUT2D eigenvalue weighted by molar-refractivity contribution is -0.139. The van der Waals surface area contributed by atoms with Gasteiger partial charge >= 0.3 is 5.97 Å². The summed E-state index contributed by atoms with van der Waals surface area (Å²) in [7, 11) is 0. The van der Waals surface area contributed by atoms with Gasteiger partial charge in [-0.3, -0.25) is 9.78 Å². The fourth-order valence-electron chi connectivity index (χ4n) is 3.10. The highest BCUT2D eigenvalue weighted by atomic mass is 16.5. The number of fused-ring (bicyclic) bond motifs is 1. The number of benzene rings is 1. The van der Waals surface area contributed by atoms with E-state index in [1.165, 1.54) is 0 Å². The van der Waals surface area contributed by atoms with E-state index in [4.69, 9.17) is 9.84 Å². The minimum Gasteiger partial charge on any atom is -0.482 e. The number of nitrogens with zero attached hydrogens (tertiary/aromatic N) is 1. The van der Waals surface area contributed by atoms with Crippen LogP contribution in [0.2, 0.25) is 0 Å². The second-order valence-corrected chi connectivity index (χ2v) is 6.22. The number of carbonyl (C=O) groups is 2. The number of aromatic amines is 1. The molecule has 3 heterocycles. The van der Waals surface area contributed by atoms with E-state index in [-0.39, 0.29) is 5.91 Å². The normalized spacial score (nSPS) is 13.0. The Kier molecular flexibility index (Phi) is 4.33. The number of pyridine rings is 1. The van der Waals surface area contributed by atoms with Crippen LogP contribution in [0.3, 0.4) is 0 Å². The fraction of sp³-hybridized carbons (Fsp3) is 0.150. The monoisotopic (exact) mass is 363 g/mol. The molecule has 0 unspecified atom stereocenters. The highest BCUT2D eigenvalue weighted by Crippen LogP contribution is 2.28. The van der Waals surface area contributed by atoms with E-state index in [1.54, 1.807) is 24.4 Å². The summed E-state index contributed by atoms with van der Waals surface area (Å²) in [4.78, 5) is 30.4. The molecule has 1 amide bonds. The summed E-state index contributed by atoms with van der Waals surface area (Å²) < 4.78 is 5.23. The van der Waals surface area contributed by atoms with Gasteiger partial charge in [0.15, 0.2) is 6.61 Å². The van der Waals surface area contributed by atoms with E-state index < -0.39 is 12.6 Å². The molecular weight excluding hydrogens is 346 g/mol. The Labute approximate surface area is 155 Å². The van der Waals surface area contributed by atoms with Crippen LogP contribution in [0.15, 0.2) is 48.7 Å². The maximum absolute atomic E-state index is 12.0. The molecule has 7 heteroatoms. The van der Waals surface area contributed by atoms with Crippen LogP contribution < -0.4 is 10.1 Å². The summed E-state index contributed by atoms with van der Waals surface area (Å²) >= 11 is 0. The number of rotatable bonds is 5. The van der Waals surface area contributed by atoms with E-state index in [2.05, 4.69) is 15.3 Å². The summed E-state index contributed by atoms with van der Waals surface area (Å²) in [6.45, 7) is 0.240. The number of carboxylic acids is 1. The molecule has 0 fully saturated rings. The van der Waals surface area contributed by atoms with Gasteiger partial charge in [-0.1, -0.05) is 12.1 Å². The number of carboxylic acid groups (broad SMARTS) is 1. The molecule has 1 aromatic carbocycles. The zero-order valence-electron chi connectivity index (χ0n) is 14.4. The number of ether oxygens (including phenoxy) is 1. The predicted octanol–water partition coefficient (Wildman–Crippen LogP) is 2.49. The molecule has 4 rings (SSSR count). The van der Waals surface area contributed by atoms with Crippen molar-refractivity contribution >= 4 is 11.9 Å². The van der Waals surface area contributed by atoms with E-state index in [9.17, 15) is 9.59 Å². The quantitative estimate of drug-likeness (QED) is 0.646. The van der Waals surface area contributed by atoms with Crippen LogP contribution in [-0.4, -0.2) is 40.1 Å². The van der Waals surface area contributed by atoms with E-state index >= 15 is 0 Å². The largest absolute Gasteiger partial charge is 0.482 e. The molecular formula is C20H17N3O4. The first-order valence-electron chi connectivity index (χ1n) is 8.52. The minimum atomic E-state index is -1.03. The van der Waals surface area contributed by atoms with Gasteiger partial charge in [0.1, 0.15) is 5.75 Å². The summed E-state index contributed by atoms with van der Waals surface area (Å²) in [5.74, 6) is -0.620. The molecule has 0 aliphatic carbocycles. The van der Waals surface area contributed by atoms with Gasteiger partial charge in [0, 0.05) is 41.7 Å². The van der Waals surface area contributed by atoms with Crippen LogP contribution >= 0.6 is 0 Å². The summed E-state index contributed by atoms with van der Waals surface area (Å²) in [5, 5.41) is 11.6. The molecule has 0 atom stereocenters. The molecule has 0 saturated heterocycles. The summed E-state index contributed by atoms with van der Waals surface area (Å²) in [6, 6.07) is 12.8. The summed E-state index contributed by atoms with van der Waals surface area (Å²) in [6.07, 6.45) is 2.48. The van der Waals surface area contributed by atoms with Crippen LogP contribution in [0.25, 0.3) is 22.5 Å². The average molecular weight is 363 g/mol. The van der Waals surface area contributed by atoms with Crippen molar-refractivity contribution in [1.82, 2.24) is 15.3 Å². The Bertz CT molecular complexity index is 1030. The molecule has 0 radical (unpaired) electrons. The lowest BCUT2D eigenvalue weighted by atomic mass is 10.1. The van der Waals surface area contributed by atoms with Gasteiger partial charge in [0.25, 0.3) is 5.91 Å². The van der Waals surface area contributed by atoms with Gasteiger partial charge in [0.2, 0.25) is 0 Å². The van der Waals surface area contributed by atoms with Gasteiger partial charge in [0.05, 0.1) is 11.3 Å². The molecule has 136 valence electrons. The standard InChI is InChI=1S/C20H17N3O4/c24-19(25)11-27-14-3-1-2-12(8-14)17-9-13(4-6-21-17)18-10-15-16(23-18)5-7-22-20(15)26/h1-4,6,8-10,23H,5,7,11H2,(H,22,26)(H,24,25). The minimum absolute atomic E-state index is 0.0590. The lowest BCUT2D eigenvalue weighted by Crippen LogP contribution is -2.31. The highest BCUT2D eigenvalue weighted by molar-refractivity contribution is 5.97. The van der Waals surface area contributed by atoms with Gasteiger partial charge < -0.3 is 20.1 Å². The van der Waals surface area contributed by atoms with Crippen molar-refractivity contribution in [2.24, 2.45) is 0 Å². The van der Waals surface area contributed by atoms with Gasteiger partial charge in [-0.05, 0) is 30.3 Å². The third kappa shape index (κ3) is 3.52. The van der Waals surface area contributed by atoms with Crippen molar-refractivity contribution in [3.63, 3.8) is 0 Å². The van der Waals surface area contributed by atoms with Crippen molar-refractivity contribution < 1.29 is 19.4 Å². The van der Waals surface area contributed by atoms with Crippen molar-refractivity contribution in [2.45, 2.75) is 6.42 Å². The molecule has 3 N–H and O–H groups in total. The Morgan fingerprint density at radius 2 is 2.07 bits per heavy atom. The molecule has 27 heavy (non-hydrogen) atoms. The Morgan fingerprint density at radius 1 is 1.19 bits per heavy atom. The van der Waals surface area contributed by atoms with Crippen LogP contribution in [-0.2, 0) is 11.2 Å². The van der Waals surface area contributed by atoms with Gasteiger partial charge in [-0.2, -0.15) is 0 Å². The SMILES string of the molecule is O=C(O)COc1cccc(-c2cc(-c3cc4c([nH]3)CCNC4=O)ccn2)c1. The van der Waals surface area contributed by atoms with Crippen LogP contribution in [0.4, 0.5) is 0 Å². The number of H-pyrrole nitrogens is 1. The number of nitrogens with one attached hydrogen (secondary N) is 2. The van der Waals surface area contributed by atoms with Crippen LogP contribution in [0, 0.1) is 0 Å². The van der Waals surface area contributed by atoms with E-state index in [0.29, 0.717) is 17.9 Å². The Morgan fingerprint density at radius 3 is 2.89 bits per heavy atom. The topological polar surface area (TPSA) is 104 Å². The van der Waals surface area contributed by atoms with Crippen molar-refractivity contribution in [3.05, 3.63) is 59.9 Å². The number of aliphatic carboxylic acids is 1. The fourth-order valence-corrected chi connectivity index (χ4v) is 3.10. The number of carbonyl (C=O) groups excluding carboxylic acids is 1. The third-order valence-corrected chi connectivity index (χ3v) is 4.37. The molecule has 7 nitrogen and oxygen atoms in total. The molecule has 1 aliphatic rings. The lowest BCUT2D eigenvalue weighted by Gasteiger charge is -2.11. The predicted molar refractivity (Wildman–Crippen MR) is 98.6 cm³/mol. The molecule has 0 saturated carbocycles. The molecule has 0 bridgehead atoms. The first kappa shape index (κ1) is 16.8. The second-order valence-electron chi connectivity index (χ2n) is 6.22. The average Bonchev–Trinajstić information content (AvgIpc) is 3.13. The number of amides is 1. The zero-order chi connectivity index (χ0) is 18.8. The smallest absolute Gasteiger partial charge is 0.341 e. The Hall–Kier alpha value is -3.61. The molecule has 3 aromatic rings. The van der Waals surface area contributed by atoms with Crippen molar-refractivity contribution in [2.75, 3.05) is 13.2 Å².